The lowest BCUT2D eigenvalue weighted by Gasteiger charge is -2.10. The lowest BCUT2D eigenvalue weighted by Crippen LogP contribution is -2.02. The molecule has 20 heavy (non-hydrogen) atoms. The molecule has 0 amide bonds. The van der Waals surface area contributed by atoms with Gasteiger partial charge in [0, 0.05) is 23.5 Å². The van der Waals surface area contributed by atoms with Crippen molar-refractivity contribution in [1.82, 2.24) is 9.97 Å². The molecule has 0 aliphatic rings. The first-order valence-electron chi connectivity index (χ1n) is 6.19. The van der Waals surface area contributed by atoms with Crippen molar-refractivity contribution in [1.29, 1.82) is 0 Å². The highest BCUT2D eigenvalue weighted by molar-refractivity contribution is 7.34. The zero-order valence-electron chi connectivity index (χ0n) is 10.6. The summed E-state index contributed by atoms with van der Waals surface area (Å²) >= 11 is 0. The smallest absolute Gasteiger partial charge is 0.193 e. The molecule has 0 fully saturated rings. The highest BCUT2D eigenvalue weighted by Gasteiger charge is 2.13. The summed E-state index contributed by atoms with van der Waals surface area (Å²) in [5.74, 6) is 0. The van der Waals surface area contributed by atoms with Gasteiger partial charge < -0.3 is 0 Å². The predicted molar refractivity (Wildman–Crippen MR) is 80.1 cm³/mol. The van der Waals surface area contributed by atoms with Crippen LogP contribution in [0.3, 0.4) is 0 Å². The number of pyridine rings is 2. The molecule has 0 aliphatic heterocycles. The number of rotatable bonds is 3. The van der Waals surface area contributed by atoms with Gasteiger partial charge in [-0.2, -0.15) is 0 Å². The van der Waals surface area contributed by atoms with Crippen LogP contribution in [0.25, 0.3) is 22.5 Å². The zero-order valence-corrected chi connectivity index (χ0v) is 11.5. The molecule has 0 radical (unpaired) electrons. The lowest BCUT2D eigenvalue weighted by atomic mass is 10.0. The fraction of sp³-hybridized carbons (Fsp3) is 0. The van der Waals surface area contributed by atoms with E-state index in [0.29, 0.717) is 5.30 Å². The molecule has 0 unspecified atom stereocenters. The molecule has 0 aliphatic carbocycles. The third-order valence-electron chi connectivity index (χ3n) is 3.00. The molecule has 0 spiro atoms. The minimum atomic E-state index is -0.0204. The predicted octanol–water partition coefficient (Wildman–Crippen LogP) is 3.73. The second kappa shape index (κ2) is 5.72. The van der Waals surface area contributed by atoms with Gasteiger partial charge >= 0.3 is 0 Å². The van der Waals surface area contributed by atoms with Crippen molar-refractivity contribution in [2.75, 3.05) is 0 Å². The van der Waals surface area contributed by atoms with Crippen molar-refractivity contribution >= 4 is 13.8 Å². The summed E-state index contributed by atoms with van der Waals surface area (Å²) in [6.45, 7) is 0. The molecular formula is C16H11N2OP. The van der Waals surface area contributed by atoms with Gasteiger partial charge in [0.1, 0.15) is 0 Å². The van der Waals surface area contributed by atoms with Gasteiger partial charge in [-0.15, -0.1) is 0 Å². The van der Waals surface area contributed by atoms with Crippen LogP contribution in [-0.2, 0) is 4.57 Å². The van der Waals surface area contributed by atoms with E-state index < -0.39 is 0 Å². The first-order chi connectivity index (χ1) is 9.90. The van der Waals surface area contributed by atoms with Crippen LogP contribution in [0.4, 0.5) is 0 Å². The highest BCUT2D eigenvalue weighted by atomic mass is 31.1. The molecule has 0 atom stereocenters. The van der Waals surface area contributed by atoms with Crippen LogP contribution in [0.2, 0.25) is 0 Å². The zero-order chi connectivity index (χ0) is 13.8. The van der Waals surface area contributed by atoms with Crippen LogP contribution in [0.1, 0.15) is 0 Å². The van der Waals surface area contributed by atoms with E-state index in [1.165, 1.54) is 0 Å². The summed E-state index contributed by atoms with van der Waals surface area (Å²) in [5.41, 5.74) is 3.44. The summed E-state index contributed by atoms with van der Waals surface area (Å²) in [4.78, 5) is 8.75. The topological polar surface area (TPSA) is 42.9 Å². The monoisotopic (exact) mass is 278 g/mol. The average molecular weight is 278 g/mol. The molecular weight excluding hydrogens is 267 g/mol. The van der Waals surface area contributed by atoms with Crippen LogP contribution in [0.15, 0.2) is 67.0 Å². The van der Waals surface area contributed by atoms with E-state index >= 15 is 0 Å². The third-order valence-corrected chi connectivity index (χ3v) is 3.57. The number of aromatic nitrogens is 2. The van der Waals surface area contributed by atoms with Crippen molar-refractivity contribution in [2.45, 2.75) is 0 Å². The normalized spacial score (nSPS) is 10.6. The number of hydrogen-bond acceptors (Lipinski definition) is 3. The Morgan fingerprint density at radius 3 is 2.05 bits per heavy atom. The first kappa shape index (κ1) is 12.6. The van der Waals surface area contributed by atoms with Crippen LogP contribution in [0.5, 0.6) is 0 Å². The Morgan fingerprint density at radius 1 is 0.750 bits per heavy atom. The van der Waals surface area contributed by atoms with Crippen LogP contribution in [-0.4, -0.2) is 9.97 Å². The van der Waals surface area contributed by atoms with Crippen molar-refractivity contribution in [3.05, 3.63) is 67.0 Å². The molecule has 0 bridgehead atoms. The van der Waals surface area contributed by atoms with Gasteiger partial charge in [-0.25, -0.2) is 0 Å². The Balaban J connectivity index is 2.29. The summed E-state index contributed by atoms with van der Waals surface area (Å²) in [6, 6.07) is 17.1. The summed E-state index contributed by atoms with van der Waals surface area (Å²) in [6.07, 6.45) is 3.48. The van der Waals surface area contributed by atoms with Gasteiger partial charge in [0.2, 0.25) is 0 Å². The SMILES string of the molecule is O=Pc1cccc(-c2ccccn2)c1-c1ccccn1. The molecule has 3 aromatic rings. The maximum Gasteiger partial charge on any atom is 0.193 e. The molecule has 4 heteroatoms. The van der Waals surface area contributed by atoms with Gasteiger partial charge in [-0.1, -0.05) is 24.3 Å². The molecule has 0 saturated heterocycles. The van der Waals surface area contributed by atoms with E-state index in [1.54, 1.807) is 12.4 Å². The Labute approximate surface area is 118 Å². The van der Waals surface area contributed by atoms with Gasteiger partial charge in [-0.05, 0) is 30.3 Å². The minimum absolute atomic E-state index is 0.0204. The van der Waals surface area contributed by atoms with Crippen molar-refractivity contribution < 1.29 is 4.57 Å². The maximum absolute atomic E-state index is 11.4. The van der Waals surface area contributed by atoms with E-state index in [0.717, 1.165) is 22.5 Å². The first-order valence-corrected chi connectivity index (χ1v) is 7.00. The van der Waals surface area contributed by atoms with Gasteiger partial charge in [-0.3, -0.25) is 14.5 Å². The molecule has 3 rings (SSSR count). The largest absolute Gasteiger partial charge is 0.269 e. The van der Waals surface area contributed by atoms with Crippen molar-refractivity contribution in [3.63, 3.8) is 0 Å². The van der Waals surface area contributed by atoms with E-state index in [-0.39, 0.29) is 8.46 Å². The van der Waals surface area contributed by atoms with Crippen LogP contribution < -0.4 is 5.30 Å². The van der Waals surface area contributed by atoms with Crippen LogP contribution >= 0.6 is 8.46 Å². The molecule has 0 saturated carbocycles. The molecule has 2 heterocycles. The molecule has 0 N–H and O–H groups in total. The van der Waals surface area contributed by atoms with E-state index in [9.17, 15) is 4.57 Å². The average Bonchev–Trinajstić information content (AvgIpc) is 2.55. The van der Waals surface area contributed by atoms with Gasteiger partial charge in [0.15, 0.2) is 8.46 Å². The molecule has 96 valence electrons. The minimum Gasteiger partial charge on any atom is -0.269 e. The maximum atomic E-state index is 11.4. The number of nitrogens with zero attached hydrogens (tertiary/aromatic N) is 2. The summed E-state index contributed by atoms with van der Waals surface area (Å²) < 4.78 is 11.4. The van der Waals surface area contributed by atoms with Crippen LogP contribution in [0, 0.1) is 0 Å². The van der Waals surface area contributed by atoms with Crippen molar-refractivity contribution in [2.24, 2.45) is 0 Å². The fourth-order valence-corrected chi connectivity index (χ4v) is 2.60. The Kier molecular flexibility index (Phi) is 3.62. The molecule has 1 aromatic carbocycles. The summed E-state index contributed by atoms with van der Waals surface area (Å²) in [5, 5.41) is 0.715. The second-order valence-corrected chi connectivity index (χ2v) is 4.89. The number of benzene rings is 1. The summed E-state index contributed by atoms with van der Waals surface area (Å²) in [7, 11) is -0.0204. The molecule has 3 nitrogen and oxygen atoms in total. The number of hydrogen-bond donors (Lipinski definition) is 0. The Hall–Kier alpha value is -2.38. The fourth-order valence-electron chi connectivity index (χ4n) is 2.13. The van der Waals surface area contributed by atoms with Crippen molar-refractivity contribution in [3.8, 4) is 22.5 Å². The van der Waals surface area contributed by atoms with E-state index in [2.05, 4.69) is 9.97 Å². The quantitative estimate of drug-likeness (QED) is 0.686. The Bertz CT molecular complexity index is 730. The van der Waals surface area contributed by atoms with E-state index in [4.69, 9.17) is 0 Å². The standard InChI is InChI=1S/C16H11N2OP/c19-20-15-9-5-6-12(13-7-1-3-10-17-13)16(15)14-8-2-4-11-18-14/h1-11H. The molecule has 2 aromatic heterocycles. The highest BCUT2D eigenvalue weighted by Crippen LogP contribution is 2.29. The third kappa shape index (κ3) is 2.36. The van der Waals surface area contributed by atoms with E-state index in [1.807, 2.05) is 54.6 Å². The second-order valence-electron chi connectivity index (χ2n) is 4.22. The van der Waals surface area contributed by atoms with Gasteiger partial charge in [0.05, 0.1) is 16.7 Å². The Morgan fingerprint density at radius 2 is 1.45 bits per heavy atom. The lowest BCUT2D eigenvalue weighted by molar-refractivity contribution is 0.603. The van der Waals surface area contributed by atoms with Gasteiger partial charge in [0.25, 0.3) is 0 Å².